The van der Waals surface area contributed by atoms with Gasteiger partial charge in [-0.1, -0.05) is 45.2 Å². The van der Waals surface area contributed by atoms with Crippen LogP contribution < -0.4 is 10.6 Å². The average molecular weight is 360 g/mol. The molecule has 0 bridgehead atoms. The minimum Gasteiger partial charge on any atom is -0.339 e. The van der Waals surface area contributed by atoms with Crippen molar-refractivity contribution in [2.45, 2.75) is 59.3 Å². The molecule has 1 saturated heterocycles. The second kappa shape index (κ2) is 10.2. The summed E-state index contributed by atoms with van der Waals surface area (Å²) in [6.07, 6.45) is 6.66. The third-order valence-electron chi connectivity index (χ3n) is 5.23. The normalized spacial score (nSPS) is 15.0. The molecule has 0 radical (unpaired) electrons. The van der Waals surface area contributed by atoms with E-state index in [9.17, 15) is 9.59 Å². The van der Waals surface area contributed by atoms with Crippen molar-refractivity contribution in [1.82, 2.24) is 10.2 Å². The molecule has 1 aromatic rings. The molecule has 5 heteroatoms. The fourth-order valence-corrected chi connectivity index (χ4v) is 3.44. The van der Waals surface area contributed by atoms with Crippen LogP contribution in [0, 0.1) is 12.8 Å². The number of likely N-dealkylation sites (tertiary alicyclic amines) is 1. The summed E-state index contributed by atoms with van der Waals surface area (Å²) >= 11 is 0. The molecule has 1 aliphatic rings. The number of unbranched alkanes of at least 4 members (excludes halogenated alkanes) is 1. The van der Waals surface area contributed by atoms with E-state index >= 15 is 0 Å². The molecule has 1 atom stereocenters. The predicted molar refractivity (Wildman–Crippen MR) is 107 cm³/mol. The number of benzene rings is 1. The summed E-state index contributed by atoms with van der Waals surface area (Å²) in [5, 5.41) is 5.90. The second-order valence-corrected chi connectivity index (χ2v) is 7.25. The summed E-state index contributed by atoms with van der Waals surface area (Å²) in [5.41, 5.74) is 2.12. The zero-order chi connectivity index (χ0) is 18.9. The van der Waals surface area contributed by atoms with Gasteiger partial charge in [-0.25, -0.2) is 4.79 Å². The van der Waals surface area contributed by atoms with Crippen molar-refractivity contribution >= 4 is 17.6 Å². The molecule has 0 unspecified atom stereocenters. The third-order valence-corrected chi connectivity index (χ3v) is 5.23. The largest absolute Gasteiger partial charge is 0.339 e. The van der Waals surface area contributed by atoms with Gasteiger partial charge in [0, 0.05) is 19.6 Å². The first kappa shape index (κ1) is 20.3. The summed E-state index contributed by atoms with van der Waals surface area (Å²) in [7, 11) is 0. The summed E-state index contributed by atoms with van der Waals surface area (Å²) in [6.45, 7) is 8.54. The monoisotopic (exact) mass is 359 g/mol. The maximum Gasteiger partial charge on any atom is 0.319 e. The number of urea groups is 1. The standard InChI is InChI=1S/C21H33N3O2/c1-4-6-11-17(5-2)15-22-21(26)23-19-16(3)10-9-12-18(19)20(25)24-13-7-8-14-24/h9-10,12,17H,4-8,11,13-15H2,1-3H3,(H2,22,23,26)/t17-/m1/s1. The smallest absolute Gasteiger partial charge is 0.319 e. The van der Waals surface area contributed by atoms with E-state index in [-0.39, 0.29) is 11.9 Å². The number of anilines is 1. The summed E-state index contributed by atoms with van der Waals surface area (Å²) in [6, 6.07) is 5.37. The maximum atomic E-state index is 12.8. The SMILES string of the molecule is CCCC[C@@H](CC)CNC(=O)Nc1c(C)cccc1C(=O)N1CCCC1. The van der Waals surface area contributed by atoms with Gasteiger partial charge in [0.05, 0.1) is 11.3 Å². The van der Waals surface area contributed by atoms with Crippen LogP contribution in [0.25, 0.3) is 0 Å². The lowest BCUT2D eigenvalue weighted by atomic mass is 9.99. The number of rotatable bonds is 8. The zero-order valence-electron chi connectivity index (χ0n) is 16.4. The van der Waals surface area contributed by atoms with Gasteiger partial charge in [0.2, 0.25) is 0 Å². The Kier molecular flexibility index (Phi) is 7.95. The van der Waals surface area contributed by atoms with E-state index in [2.05, 4.69) is 24.5 Å². The van der Waals surface area contributed by atoms with Crippen LogP contribution in [0.5, 0.6) is 0 Å². The number of hydrogen-bond donors (Lipinski definition) is 2. The quantitative estimate of drug-likeness (QED) is 0.714. The van der Waals surface area contributed by atoms with E-state index in [1.165, 1.54) is 12.8 Å². The van der Waals surface area contributed by atoms with Gasteiger partial charge in [-0.05, 0) is 43.7 Å². The van der Waals surface area contributed by atoms with Crippen molar-refractivity contribution in [3.05, 3.63) is 29.3 Å². The molecule has 26 heavy (non-hydrogen) atoms. The van der Waals surface area contributed by atoms with Gasteiger partial charge in [0.25, 0.3) is 5.91 Å². The minimum atomic E-state index is -0.232. The van der Waals surface area contributed by atoms with Crippen LogP contribution in [0.3, 0.4) is 0 Å². The first-order chi connectivity index (χ1) is 12.6. The summed E-state index contributed by atoms with van der Waals surface area (Å²) < 4.78 is 0. The van der Waals surface area contributed by atoms with Crippen LogP contribution in [0.4, 0.5) is 10.5 Å². The fraction of sp³-hybridized carbons (Fsp3) is 0.619. The molecule has 0 saturated carbocycles. The van der Waals surface area contributed by atoms with E-state index in [0.717, 1.165) is 44.3 Å². The van der Waals surface area contributed by atoms with Gasteiger partial charge in [-0.2, -0.15) is 0 Å². The number of aryl methyl sites for hydroxylation is 1. The molecule has 2 N–H and O–H groups in total. The minimum absolute atomic E-state index is 0.0101. The summed E-state index contributed by atoms with van der Waals surface area (Å²) in [5.74, 6) is 0.513. The van der Waals surface area contributed by atoms with Crippen molar-refractivity contribution in [1.29, 1.82) is 0 Å². The van der Waals surface area contributed by atoms with Crippen molar-refractivity contribution in [3.63, 3.8) is 0 Å². The van der Waals surface area contributed by atoms with Gasteiger partial charge >= 0.3 is 6.03 Å². The lowest BCUT2D eigenvalue weighted by Crippen LogP contribution is -2.34. The van der Waals surface area contributed by atoms with Gasteiger partial charge in [0.15, 0.2) is 0 Å². The van der Waals surface area contributed by atoms with E-state index < -0.39 is 0 Å². The molecule has 1 fully saturated rings. The van der Waals surface area contributed by atoms with Crippen molar-refractivity contribution < 1.29 is 9.59 Å². The molecule has 3 amide bonds. The van der Waals surface area contributed by atoms with Gasteiger partial charge in [-0.3, -0.25) is 4.79 Å². The van der Waals surface area contributed by atoms with E-state index in [1.54, 1.807) is 6.07 Å². The van der Waals surface area contributed by atoms with Crippen molar-refractivity contribution in [3.8, 4) is 0 Å². The Morgan fingerprint density at radius 3 is 2.58 bits per heavy atom. The van der Waals surface area contributed by atoms with Crippen LogP contribution in [-0.4, -0.2) is 36.5 Å². The topological polar surface area (TPSA) is 61.4 Å². The highest BCUT2D eigenvalue weighted by atomic mass is 16.2. The van der Waals surface area contributed by atoms with E-state index in [4.69, 9.17) is 0 Å². The molecule has 5 nitrogen and oxygen atoms in total. The first-order valence-corrected chi connectivity index (χ1v) is 10.0. The number of carbonyl (C=O) groups is 2. The third kappa shape index (κ3) is 5.48. The zero-order valence-corrected chi connectivity index (χ0v) is 16.4. The highest BCUT2D eigenvalue weighted by molar-refractivity contribution is 6.04. The molecule has 1 aliphatic heterocycles. The first-order valence-electron chi connectivity index (χ1n) is 10.0. The van der Waals surface area contributed by atoms with Crippen molar-refractivity contribution in [2.24, 2.45) is 5.92 Å². The number of nitrogens with zero attached hydrogens (tertiary/aromatic N) is 1. The molecule has 1 aromatic carbocycles. The number of para-hydroxylation sites is 1. The lowest BCUT2D eigenvalue weighted by Gasteiger charge is -2.20. The van der Waals surface area contributed by atoms with Crippen LogP contribution in [0.15, 0.2) is 18.2 Å². The van der Waals surface area contributed by atoms with Crippen LogP contribution >= 0.6 is 0 Å². The molecule has 2 rings (SSSR count). The molecule has 144 valence electrons. The molecular weight excluding hydrogens is 326 g/mol. The van der Waals surface area contributed by atoms with E-state index in [1.807, 2.05) is 24.0 Å². The highest BCUT2D eigenvalue weighted by Crippen LogP contribution is 2.24. The Bertz CT molecular complexity index is 609. The van der Waals surface area contributed by atoms with Gasteiger partial charge < -0.3 is 15.5 Å². The summed E-state index contributed by atoms with van der Waals surface area (Å²) in [4.78, 5) is 27.1. The van der Waals surface area contributed by atoms with Crippen LogP contribution in [-0.2, 0) is 0 Å². The Balaban J connectivity index is 2.01. The van der Waals surface area contributed by atoms with Crippen LogP contribution in [0.1, 0.15) is 68.3 Å². The van der Waals surface area contributed by atoms with Crippen molar-refractivity contribution in [2.75, 3.05) is 25.0 Å². The lowest BCUT2D eigenvalue weighted by molar-refractivity contribution is 0.0794. The Morgan fingerprint density at radius 2 is 1.92 bits per heavy atom. The number of hydrogen-bond acceptors (Lipinski definition) is 2. The Labute approximate surface area is 157 Å². The molecule has 0 spiro atoms. The number of amides is 3. The molecule has 1 heterocycles. The molecule has 0 aliphatic carbocycles. The highest BCUT2D eigenvalue weighted by Gasteiger charge is 2.23. The second-order valence-electron chi connectivity index (χ2n) is 7.25. The molecular formula is C21H33N3O2. The molecule has 0 aromatic heterocycles. The van der Waals surface area contributed by atoms with Gasteiger partial charge in [-0.15, -0.1) is 0 Å². The maximum absolute atomic E-state index is 12.8. The van der Waals surface area contributed by atoms with E-state index in [0.29, 0.717) is 23.7 Å². The Morgan fingerprint density at radius 1 is 1.19 bits per heavy atom. The Hall–Kier alpha value is -2.04. The average Bonchev–Trinajstić information content (AvgIpc) is 3.17. The fourth-order valence-electron chi connectivity index (χ4n) is 3.44. The number of carbonyl (C=O) groups excluding carboxylic acids is 2. The predicted octanol–water partition coefficient (Wildman–Crippen LogP) is 4.57. The van der Waals surface area contributed by atoms with Crippen LogP contribution in [0.2, 0.25) is 0 Å². The number of nitrogens with one attached hydrogen (secondary N) is 2. The van der Waals surface area contributed by atoms with Gasteiger partial charge in [0.1, 0.15) is 0 Å².